The Hall–Kier alpha value is -3.23. The fraction of sp³-hybridized carbons (Fsp3) is 0.556. The van der Waals surface area contributed by atoms with Crippen molar-refractivity contribution in [3.8, 4) is 5.75 Å². The van der Waals surface area contributed by atoms with E-state index in [0.29, 0.717) is 23.7 Å². The Balaban J connectivity index is 1.61. The van der Waals surface area contributed by atoms with Crippen molar-refractivity contribution in [3.63, 3.8) is 0 Å². The van der Waals surface area contributed by atoms with Gasteiger partial charge in [-0.05, 0) is 53.2 Å². The molecule has 0 amide bonds. The number of alkyl halides is 2. The summed E-state index contributed by atoms with van der Waals surface area (Å²) in [7, 11) is -4.55. The van der Waals surface area contributed by atoms with Crippen LogP contribution in [0.15, 0.2) is 36.7 Å². The molecule has 13 nitrogen and oxygen atoms in total. The maximum absolute atomic E-state index is 16.3. The van der Waals surface area contributed by atoms with Crippen LogP contribution < -0.4 is 14.9 Å². The summed E-state index contributed by atoms with van der Waals surface area (Å²) in [5.41, 5.74) is -2.28. The smallest absolute Gasteiger partial charge is 0.459 e. The SMILES string of the molecule is CCCNc1nc(C)nc2c1ncn2[C@@H]1O[C@](F)(CO[P@@](=O)(N[C@@H](C)C(=O)OC(C)C)Oc2ccccc2)[C@@H](O)[C@@]1(C)F. The van der Waals surface area contributed by atoms with Crippen LogP contribution in [0.1, 0.15) is 53.1 Å². The highest BCUT2D eigenvalue weighted by Gasteiger charge is 2.65. The Morgan fingerprint density at radius 3 is 2.58 bits per heavy atom. The highest BCUT2D eigenvalue weighted by Crippen LogP contribution is 2.52. The second-order valence-electron chi connectivity index (χ2n) is 10.7. The number of benzene rings is 1. The first-order valence-corrected chi connectivity index (χ1v) is 15.4. The molecule has 0 radical (unpaired) electrons. The molecule has 43 heavy (non-hydrogen) atoms. The van der Waals surface area contributed by atoms with Crippen LogP contribution >= 0.6 is 7.75 Å². The van der Waals surface area contributed by atoms with Crippen LogP contribution in [0.3, 0.4) is 0 Å². The molecule has 1 aromatic carbocycles. The molecule has 0 unspecified atom stereocenters. The molecular weight excluding hydrogens is 589 g/mol. The lowest BCUT2D eigenvalue weighted by molar-refractivity contribution is -0.202. The molecule has 0 aliphatic carbocycles. The van der Waals surface area contributed by atoms with Crippen molar-refractivity contribution in [2.75, 3.05) is 18.5 Å². The molecule has 1 fully saturated rings. The van der Waals surface area contributed by atoms with Gasteiger partial charge in [0, 0.05) is 6.54 Å². The summed E-state index contributed by atoms with van der Waals surface area (Å²) in [6, 6.07) is 6.60. The van der Waals surface area contributed by atoms with Crippen molar-refractivity contribution < 1.29 is 41.8 Å². The van der Waals surface area contributed by atoms with Crippen molar-refractivity contribution in [2.24, 2.45) is 0 Å². The molecule has 1 aliphatic rings. The predicted molar refractivity (Wildman–Crippen MR) is 153 cm³/mol. The number of aryl methyl sites for hydroxylation is 1. The Labute approximate surface area is 247 Å². The van der Waals surface area contributed by atoms with E-state index in [1.165, 1.54) is 25.4 Å². The minimum absolute atomic E-state index is 0.0733. The monoisotopic (exact) mass is 626 g/mol. The summed E-state index contributed by atoms with van der Waals surface area (Å²) >= 11 is 0. The van der Waals surface area contributed by atoms with E-state index in [-0.39, 0.29) is 11.4 Å². The van der Waals surface area contributed by atoms with Crippen LogP contribution in [0, 0.1) is 6.92 Å². The van der Waals surface area contributed by atoms with Crippen molar-refractivity contribution in [2.45, 2.75) is 84.0 Å². The number of aromatic nitrogens is 4. The minimum Gasteiger partial charge on any atom is -0.462 e. The molecule has 3 heterocycles. The number of esters is 1. The second-order valence-corrected chi connectivity index (χ2v) is 12.4. The van der Waals surface area contributed by atoms with E-state index in [9.17, 15) is 14.5 Å². The molecule has 3 aromatic rings. The highest BCUT2D eigenvalue weighted by atomic mass is 31.2. The van der Waals surface area contributed by atoms with Crippen LogP contribution in [0.4, 0.5) is 14.6 Å². The number of aliphatic hydroxyl groups excluding tert-OH is 1. The molecule has 1 saturated heterocycles. The number of anilines is 1. The number of aliphatic hydroxyl groups is 1. The zero-order valence-electron chi connectivity index (χ0n) is 24.8. The molecule has 3 N–H and O–H groups in total. The number of fused-ring (bicyclic) bond motifs is 1. The number of ether oxygens (including phenoxy) is 2. The van der Waals surface area contributed by atoms with Crippen LogP contribution in [0.25, 0.3) is 11.2 Å². The first-order valence-electron chi connectivity index (χ1n) is 13.9. The zero-order valence-corrected chi connectivity index (χ0v) is 25.7. The summed E-state index contributed by atoms with van der Waals surface area (Å²) in [5, 5.41) is 16.4. The Kier molecular flexibility index (Phi) is 9.72. The molecule has 0 bridgehead atoms. The quantitative estimate of drug-likeness (QED) is 0.182. The Bertz CT molecular complexity index is 1480. The molecule has 4 rings (SSSR count). The highest BCUT2D eigenvalue weighted by molar-refractivity contribution is 7.52. The number of hydrogen-bond donors (Lipinski definition) is 3. The third-order valence-corrected chi connectivity index (χ3v) is 8.14. The van der Waals surface area contributed by atoms with Crippen LogP contribution in [-0.4, -0.2) is 73.5 Å². The number of rotatable bonds is 13. The third kappa shape index (κ3) is 7.13. The van der Waals surface area contributed by atoms with Crippen LogP contribution in [0.5, 0.6) is 5.75 Å². The van der Waals surface area contributed by atoms with E-state index in [1.807, 2.05) is 6.92 Å². The average Bonchev–Trinajstić information content (AvgIpc) is 3.43. The third-order valence-electron chi connectivity index (χ3n) is 6.52. The van der Waals surface area contributed by atoms with Crippen molar-refractivity contribution in [1.82, 2.24) is 24.6 Å². The van der Waals surface area contributed by atoms with Gasteiger partial charge in [0.2, 0.25) is 0 Å². The van der Waals surface area contributed by atoms with E-state index < -0.39 is 56.3 Å². The molecule has 2 aromatic heterocycles. The van der Waals surface area contributed by atoms with Gasteiger partial charge in [-0.15, -0.1) is 0 Å². The van der Waals surface area contributed by atoms with Gasteiger partial charge in [-0.3, -0.25) is 13.9 Å². The van der Waals surface area contributed by atoms with E-state index in [2.05, 4.69) is 25.4 Å². The summed E-state index contributed by atoms with van der Waals surface area (Å²) in [4.78, 5) is 25.4. The molecule has 0 spiro atoms. The first-order chi connectivity index (χ1) is 20.2. The summed E-state index contributed by atoms with van der Waals surface area (Å²) < 4.78 is 68.8. The predicted octanol–water partition coefficient (Wildman–Crippen LogP) is 4.37. The van der Waals surface area contributed by atoms with Crippen molar-refractivity contribution >= 4 is 30.7 Å². The lowest BCUT2D eigenvalue weighted by Gasteiger charge is -2.28. The number of imidazole rings is 1. The number of carbonyl (C=O) groups excluding carboxylic acids is 1. The number of nitrogens with one attached hydrogen (secondary N) is 2. The van der Waals surface area contributed by atoms with Gasteiger partial charge in [-0.2, -0.15) is 5.09 Å². The summed E-state index contributed by atoms with van der Waals surface area (Å²) in [5.74, 6) is -3.15. The fourth-order valence-electron chi connectivity index (χ4n) is 4.43. The van der Waals surface area contributed by atoms with Gasteiger partial charge in [0.15, 0.2) is 35.0 Å². The Morgan fingerprint density at radius 2 is 1.93 bits per heavy atom. The summed E-state index contributed by atoms with van der Waals surface area (Å²) in [6.07, 6.45) is -2.60. The van der Waals surface area contributed by atoms with E-state index in [1.54, 1.807) is 39.0 Å². The number of nitrogens with zero attached hydrogens (tertiary/aromatic N) is 4. The van der Waals surface area contributed by atoms with Gasteiger partial charge in [-0.25, -0.2) is 28.3 Å². The average molecular weight is 627 g/mol. The van der Waals surface area contributed by atoms with Crippen molar-refractivity contribution in [3.05, 3.63) is 42.5 Å². The van der Waals surface area contributed by atoms with E-state index in [0.717, 1.165) is 17.9 Å². The standard InChI is InChI=1S/C27H37F2N6O7P/c1-7-13-30-21-20-22(33-18(5)32-21)35(15-31-20)25-26(6,28)24(37)27(29,41-25)14-39-43(38,42-19-11-9-8-10-12-19)34-17(4)23(36)40-16(2)3/h8-12,15-17,24-25,37H,7,13-14H2,1-6H3,(H,34,38)(H,30,32,33)/t17-,24-,25+,26+,27+,43-/m0/s1. The molecule has 16 heteroatoms. The number of para-hydroxylation sites is 1. The van der Waals surface area contributed by atoms with Gasteiger partial charge in [0.25, 0.3) is 5.85 Å². The van der Waals surface area contributed by atoms with Gasteiger partial charge < -0.3 is 24.4 Å². The van der Waals surface area contributed by atoms with Gasteiger partial charge in [0.1, 0.15) is 24.2 Å². The maximum Gasteiger partial charge on any atom is 0.459 e. The van der Waals surface area contributed by atoms with E-state index >= 15 is 8.78 Å². The largest absolute Gasteiger partial charge is 0.462 e. The molecule has 0 saturated carbocycles. The lowest BCUT2D eigenvalue weighted by Crippen LogP contribution is -2.47. The normalized spacial score (nSPS) is 25.9. The minimum atomic E-state index is -4.55. The number of carbonyl (C=O) groups is 1. The lowest BCUT2D eigenvalue weighted by atomic mass is 9.97. The van der Waals surface area contributed by atoms with Gasteiger partial charge in [-0.1, -0.05) is 25.1 Å². The second kappa shape index (κ2) is 12.8. The fourth-order valence-corrected chi connectivity index (χ4v) is 5.94. The van der Waals surface area contributed by atoms with E-state index in [4.69, 9.17) is 18.5 Å². The molecule has 6 atom stereocenters. The van der Waals surface area contributed by atoms with Crippen LogP contribution in [-0.2, 0) is 23.4 Å². The molecule has 236 valence electrons. The van der Waals surface area contributed by atoms with Gasteiger partial charge in [0.05, 0.1) is 12.4 Å². The maximum atomic E-state index is 16.3. The topological polar surface area (TPSA) is 159 Å². The van der Waals surface area contributed by atoms with Crippen molar-refractivity contribution in [1.29, 1.82) is 0 Å². The first kappa shape index (κ1) is 32.7. The molecule has 1 aliphatic heterocycles. The Morgan fingerprint density at radius 1 is 1.23 bits per heavy atom. The summed E-state index contributed by atoms with van der Waals surface area (Å²) in [6.45, 7) is 8.55. The zero-order chi connectivity index (χ0) is 31.6. The molecular formula is C27H37F2N6O7P. The van der Waals surface area contributed by atoms with Crippen LogP contribution in [0.2, 0.25) is 0 Å². The number of halogens is 2. The number of hydrogen-bond acceptors (Lipinski definition) is 11. The van der Waals surface area contributed by atoms with Gasteiger partial charge >= 0.3 is 13.7 Å².